The quantitative estimate of drug-likeness (QED) is 0.726. The number of halogens is 3. The van der Waals surface area contributed by atoms with Crippen molar-refractivity contribution >= 4 is 23.7 Å². The Kier molecular flexibility index (Phi) is 6.13. The van der Waals surface area contributed by atoms with Gasteiger partial charge in [-0.2, -0.15) is 13.2 Å². The van der Waals surface area contributed by atoms with Crippen LogP contribution >= 0.6 is 0 Å². The maximum Gasteiger partial charge on any atom is 0.433 e. The molecule has 2 aliphatic rings. The number of amides is 4. The number of likely N-dealkylation sites (N-methyl/N-ethyl adjacent to an activating group) is 1. The number of rotatable bonds is 3. The highest BCUT2D eigenvalue weighted by Gasteiger charge is 2.37. The van der Waals surface area contributed by atoms with E-state index in [1.54, 1.807) is 11.8 Å². The summed E-state index contributed by atoms with van der Waals surface area (Å²) in [6.45, 7) is 4.75. The van der Waals surface area contributed by atoms with E-state index in [1.807, 2.05) is 0 Å². The largest absolute Gasteiger partial charge is 0.433 e. The Hall–Kier alpha value is -2.92. The minimum atomic E-state index is -4.56. The molecule has 3 heterocycles. The summed E-state index contributed by atoms with van der Waals surface area (Å²) < 4.78 is 39.0. The van der Waals surface area contributed by atoms with Gasteiger partial charge in [0.15, 0.2) is 0 Å². The SMILES string of the molecule is CCN1CCN(C(=O)NC2CCN(c3cc(C(F)(F)F)nc(C)n3)CC2)C(=O)C1=O. The van der Waals surface area contributed by atoms with Gasteiger partial charge in [-0.15, -0.1) is 0 Å². The molecule has 0 bridgehead atoms. The van der Waals surface area contributed by atoms with Crippen molar-refractivity contribution in [3.05, 3.63) is 17.6 Å². The lowest BCUT2D eigenvalue weighted by Gasteiger charge is -2.36. The summed E-state index contributed by atoms with van der Waals surface area (Å²) in [6, 6.07) is 0.0364. The number of hydrogen-bond donors (Lipinski definition) is 1. The van der Waals surface area contributed by atoms with Crippen LogP contribution in [0.15, 0.2) is 6.07 Å². The van der Waals surface area contributed by atoms with Crippen LogP contribution in [0.1, 0.15) is 31.3 Å². The molecule has 0 radical (unpaired) electrons. The molecule has 2 saturated heterocycles. The Labute approximate surface area is 171 Å². The molecule has 0 unspecified atom stereocenters. The average molecular weight is 428 g/mol. The van der Waals surface area contributed by atoms with Gasteiger partial charge in [0.1, 0.15) is 17.3 Å². The first-order chi connectivity index (χ1) is 14.1. The first-order valence-electron chi connectivity index (χ1n) is 9.69. The number of alkyl halides is 3. The van der Waals surface area contributed by atoms with Crippen molar-refractivity contribution in [2.75, 3.05) is 37.6 Å². The molecule has 9 nitrogen and oxygen atoms in total. The summed E-state index contributed by atoms with van der Waals surface area (Å²) in [7, 11) is 0. The molecule has 1 N–H and O–H groups in total. The molecule has 30 heavy (non-hydrogen) atoms. The molecular weight excluding hydrogens is 405 g/mol. The van der Waals surface area contributed by atoms with Crippen LogP contribution in [0.3, 0.4) is 0 Å². The number of carbonyl (C=O) groups excluding carboxylic acids is 3. The van der Waals surface area contributed by atoms with Gasteiger partial charge >= 0.3 is 24.0 Å². The standard InChI is InChI=1S/C18H23F3N6O3/c1-3-25-8-9-27(16(29)15(25)28)17(30)24-12-4-6-26(7-5-12)14-10-13(18(19,20)21)22-11(2)23-14/h10,12H,3-9H2,1-2H3,(H,24,30). The number of piperidine rings is 1. The summed E-state index contributed by atoms with van der Waals surface area (Å²) in [5.74, 6) is -1.33. The van der Waals surface area contributed by atoms with Crippen molar-refractivity contribution in [3.8, 4) is 0 Å². The second-order valence-electron chi connectivity index (χ2n) is 7.21. The van der Waals surface area contributed by atoms with E-state index in [1.165, 1.54) is 11.8 Å². The fourth-order valence-electron chi connectivity index (χ4n) is 3.53. The molecule has 2 aliphatic heterocycles. The summed E-state index contributed by atoms with van der Waals surface area (Å²) in [5, 5.41) is 2.75. The van der Waals surface area contributed by atoms with Crippen molar-refractivity contribution in [3.63, 3.8) is 0 Å². The second kappa shape index (κ2) is 8.44. The number of aryl methyl sites for hydroxylation is 1. The van der Waals surface area contributed by atoms with Crippen LogP contribution in [0.2, 0.25) is 0 Å². The summed E-state index contributed by atoms with van der Waals surface area (Å²) in [6.07, 6.45) is -3.62. The zero-order valence-electron chi connectivity index (χ0n) is 16.7. The Balaban J connectivity index is 1.58. The van der Waals surface area contributed by atoms with Gasteiger partial charge in [0.25, 0.3) is 0 Å². The summed E-state index contributed by atoms with van der Waals surface area (Å²) >= 11 is 0. The highest BCUT2D eigenvalue weighted by atomic mass is 19.4. The van der Waals surface area contributed by atoms with Crippen LogP contribution in [0.5, 0.6) is 0 Å². The van der Waals surface area contributed by atoms with Gasteiger partial charge in [-0.1, -0.05) is 0 Å². The smallest absolute Gasteiger partial charge is 0.356 e. The second-order valence-corrected chi connectivity index (χ2v) is 7.21. The van der Waals surface area contributed by atoms with Gasteiger partial charge in [-0.25, -0.2) is 14.8 Å². The number of imide groups is 1. The minimum absolute atomic E-state index is 0.0321. The van der Waals surface area contributed by atoms with Crippen molar-refractivity contribution in [1.82, 2.24) is 25.1 Å². The zero-order chi connectivity index (χ0) is 22.1. The number of nitrogens with one attached hydrogen (secondary N) is 1. The molecule has 0 aliphatic carbocycles. The Morgan fingerprint density at radius 1 is 1.13 bits per heavy atom. The molecule has 12 heteroatoms. The predicted octanol–water partition coefficient (Wildman–Crippen LogP) is 1.17. The van der Waals surface area contributed by atoms with Gasteiger partial charge in [0.2, 0.25) is 0 Å². The molecule has 0 saturated carbocycles. The number of anilines is 1. The van der Waals surface area contributed by atoms with Crippen molar-refractivity contribution in [2.45, 2.75) is 38.9 Å². The number of hydrogen-bond acceptors (Lipinski definition) is 6. The Bertz CT molecular complexity index is 839. The summed E-state index contributed by atoms with van der Waals surface area (Å²) in [4.78, 5) is 48.0. The molecule has 2 fully saturated rings. The maximum atomic E-state index is 13.0. The minimum Gasteiger partial charge on any atom is -0.356 e. The van der Waals surface area contributed by atoms with E-state index in [0.29, 0.717) is 39.0 Å². The van der Waals surface area contributed by atoms with Crippen LogP contribution in [-0.2, 0) is 15.8 Å². The highest BCUT2D eigenvalue weighted by Crippen LogP contribution is 2.30. The third-order valence-corrected chi connectivity index (χ3v) is 5.20. The van der Waals surface area contributed by atoms with Gasteiger partial charge in [-0.05, 0) is 26.7 Å². The lowest BCUT2D eigenvalue weighted by Crippen LogP contribution is -2.59. The van der Waals surface area contributed by atoms with Crippen LogP contribution in [0, 0.1) is 6.92 Å². The fraction of sp³-hybridized carbons (Fsp3) is 0.611. The van der Waals surface area contributed by atoms with Gasteiger partial charge in [0, 0.05) is 44.8 Å². The predicted molar refractivity (Wildman–Crippen MR) is 99.5 cm³/mol. The zero-order valence-corrected chi connectivity index (χ0v) is 16.7. The number of piperazine rings is 1. The molecule has 0 spiro atoms. The molecule has 0 aromatic carbocycles. The molecular formula is C18H23F3N6O3. The van der Waals surface area contributed by atoms with E-state index in [9.17, 15) is 27.6 Å². The van der Waals surface area contributed by atoms with Crippen molar-refractivity contribution < 1.29 is 27.6 Å². The lowest BCUT2D eigenvalue weighted by molar-refractivity contribution is -0.153. The van der Waals surface area contributed by atoms with Crippen LogP contribution in [0.4, 0.5) is 23.8 Å². The molecule has 0 atom stereocenters. The number of carbonyl (C=O) groups is 3. The van der Waals surface area contributed by atoms with E-state index < -0.39 is 29.7 Å². The van der Waals surface area contributed by atoms with Gasteiger partial charge < -0.3 is 15.1 Å². The Morgan fingerprint density at radius 2 is 1.80 bits per heavy atom. The van der Waals surface area contributed by atoms with E-state index in [4.69, 9.17) is 0 Å². The van der Waals surface area contributed by atoms with Crippen molar-refractivity contribution in [1.29, 1.82) is 0 Å². The monoisotopic (exact) mass is 428 g/mol. The van der Waals surface area contributed by atoms with E-state index in [2.05, 4.69) is 15.3 Å². The fourth-order valence-corrected chi connectivity index (χ4v) is 3.53. The molecule has 164 valence electrons. The lowest BCUT2D eigenvalue weighted by atomic mass is 10.1. The third kappa shape index (κ3) is 4.62. The molecule has 4 amide bonds. The van der Waals surface area contributed by atoms with E-state index in [0.717, 1.165) is 11.0 Å². The Morgan fingerprint density at radius 3 is 2.40 bits per heavy atom. The number of urea groups is 1. The van der Waals surface area contributed by atoms with E-state index in [-0.39, 0.29) is 24.2 Å². The maximum absolute atomic E-state index is 13.0. The third-order valence-electron chi connectivity index (χ3n) is 5.20. The first-order valence-corrected chi connectivity index (χ1v) is 9.69. The highest BCUT2D eigenvalue weighted by molar-refractivity contribution is 6.38. The average Bonchev–Trinajstić information content (AvgIpc) is 2.69. The topological polar surface area (TPSA) is 98.7 Å². The van der Waals surface area contributed by atoms with Crippen molar-refractivity contribution in [2.24, 2.45) is 0 Å². The van der Waals surface area contributed by atoms with Crippen LogP contribution < -0.4 is 10.2 Å². The normalized spacial score (nSPS) is 18.8. The van der Waals surface area contributed by atoms with Crippen LogP contribution in [0.25, 0.3) is 0 Å². The summed E-state index contributed by atoms with van der Waals surface area (Å²) in [5.41, 5.74) is -0.991. The molecule has 3 rings (SSSR count). The van der Waals surface area contributed by atoms with Gasteiger partial charge in [0.05, 0.1) is 0 Å². The van der Waals surface area contributed by atoms with Gasteiger partial charge in [-0.3, -0.25) is 14.5 Å². The van der Waals surface area contributed by atoms with E-state index >= 15 is 0 Å². The molecule has 1 aromatic rings. The molecule has 1 aromatic heterocycles. The number of aromatic nitrogens is 2. The van der Waals surface area contributed by atoms with Crippen LogP contribution in [-0.4, -0.2) is 76.4 Å². The first kappa shape index (κ1) is 21.8. The number of nitrogens with zero attached hydrogens (tertiary/aromatic N) is 5.